The molecule has 1 aliphatic heterocycles. The Kier molecular flexibility index (Phi) is 3.98. The lowest BCUT2D eigenvalue weighted by atomic mass is 9.99. The maximum atomic E-state index is 5.58. The number of aryl methyl sites for hydroxylation is 1. The molecule has 2 unspecified atom stereocenters. The second-order valence-electron chi connectivity index (χ2n) is 5.93. The molecular weight excluding hydrogens is 258 g/mol. The van der Waals surface area contributed by atoms with Crippen LogP contribution in [0.4, 0.5) is 0 Å². The predicted octanol–water partition coefficient (Wildman–Crippen LogP) is 4.34. The van der Waals surface area contributed by atoms with Crippen molar-refractivity contribution in [3.63, 3.8) is 0 Å². The van der Waals surface area contributed by atoms with Gasteiger partial charge < -0.3 is 10.1 Å². The molecule has 2 aromatic carbocycles. The Morgan fingerprint density at radius 3 is 2.67 bits per heavy atom. The van der Waals surface area contributed by atoms with Crippen LogP contribution in [0, 0.1) is 6.92 Å². The highest BCUT2D eigenvalue weighted by Crippen LogP contribution is 2.29. The summed E-state index contributed by atoms with van der Waals surface area (Å²) >= 11 is 0. The van der Waals surface area contributed by atoms with Gasteiger partial charge in [-0.3, -0.25) is 0 Å². The fraction of sp³-hybridized carbons (Fsp3) is 0.368. The lowest BCUT2D eigenvalue weighted by Gasteiger charge is -2.22. The molecule has 1 N–H and O–H groups in total. The fourth-order valence-electron chi connectivity index (χ4n) is 3.11. The standard InChI is InChI=1S/C19H23NO/c1-13-6-4-5-7-18(13)15(3)20-14(2)16-8-9-19-17(12-16)10-11-21-19/h4-9,12,14-15,20H,10-11H2,1-3H3. The van der Waals surface area contributed by atoms with Crippen molar-refractivity contribution in [3.05, 3.63) is 64.7 Å². The van der Waals surface area contributed by atoms with Crippen LogP contribution in [0.1, 0.15) is 48.2 Å². The lowest BCUT2D eigenvalue weighted by Crippen LogP contribution is -2.23. The Morgan fingerprint density at radius 2 is 1.86 bits per heavy atom. The van der Waals surface area contributed by atoms with Gasteiger partial charge in [0.05, 0.1) is 6.61 Å². The van der Waals surface area contributed by atoms with Crippen molar-refractivity contribution in [2.75, 3.05) is 6.61 Å². The molecule has 110 valence electrons. The molecule has 1 aliphatic rings. The average Bonchev–Trinajstić information content (AvgIpc) is 2.94. The Labute approximate surface area is 127 Å². The quantitative estimate of drug-likeness (QED) is 0.900. The number of nitrogens with one attached hydrogen (secondary N) is 1. The number of rotatable bonds is 4. The number of hydrogen-bond acceptors (Lipinski definition) is 2. The van der Waals surface area contributed by atoms with Crippen LogP contribution >= 0.6 is 0 Å². The van der Waals surface area contributed by atoms with Gasteiger partial charge in [0, 0.05) is 18.5 Å². The third-order valence-corrected chi connectivity index (χ3v) is 4.37. The molecule has 0 aliphatic carbocycles. The Hall–Kier alpha value is -1.80. The summed E-state index contributed by atoms with van der Waals surface area (Å²) in [7, 11) is 0. The minimum Gasteiger partial charge on any atom is -0.493 e. The highest BCUT2D eigenvalue weighted by Gasteiger charge is 2.16. The molecule has 0 bridgehead atoms. The lowest BCUT2D eigenvalue weighted by molar-refractivity contribution is 0.356. The van der Waals surface area contributed by atoms with Crippen LogP contribution in [0.2, 0.25) is 0 Å². The van der Waals surface area contributed by atoms with Crippen LogP contribution in [0.15, 0.2) is 42.5 Å². The maximum Gasteiger partial charge on any atom is 0.122 e. The summed E-state index contributed by atoms with van der Waals surface area (Å²) in [6, 6.07) is 15.8. The van der Waals surface area contributed by atoms with E-state index in [1.165, 1.54) is 22.3 Å². The average molecular weight is 281 g/mol. The first-order chi connectivity index (χ1) is 10.1. The van der Waals surface area contributed by atoms with Crippen LogP contribution in [0.3, 0.4) is 0 Å². The molecule has 2 atom stereocenters. The zero-order valence-electron chi connectivity index (χ0n) is 13.0. The van der Waals surface area contributed by atoms with Gasteiger partial charge in [0.2, 0.25) is 0 Å². The first-order valence-electron chi connectivity index (χ1n) is 7.72. The summed E-state index contributed by atoms with van der Waals surface area (Å²) in [6.07, 6.45) is 1.03. The summed E-state index contributed by atoms with van der Waals surface area (Å²) < 4.78 is 5.58. The van der Waals surface area contributed by atoms with Gasteiger partial charge in [-0.05, 0) is 49.1 Å². The van der Waals surface area contributed by atoms with Gasteiger partial charge in [0.25, 0.3) is 0 Å². The van der Waals surface area contributed by atoms with E-state index in [2.05, 4.69) is 68.6 Å². The molecule has 0 amide bonds. The zero-order chi connectivity index (χ0) is 14.8. The topological polar surface area (TPSA) is 21.3 Å². The second-order valence-corrected chi connectivity index (χ2v) is 5.93. The highest BCUT2D eigenvalue weighted by atomic mass is 16.5. The number of hydrogen-bond donors (Lipinski definition) is 1. The molecule has 0 spiro atoms. The predicted molar refractivity (Wildman–Crippen MR) is 86.8 cm³/mol. The second kappa shape index (κ2) is 5.90. The Bertz CT molecular complexity index is 635. The van der Waals surface area contributed by atoms with Crippen LogP contribution in [-0.2, 0) is 6.42 Å². The number of ether oxygens (including phenoxy) is 1. The van der Waals surface area contributed by atoms with Gasteiger partial charge in [-0.15, -0.1) is 0 Å². The largest absolute Gasteiger partial charge is 0.493 e. The molecule has 21 heavy (non-hydrogen) atoms. The SMILES string of the molecule is Cc1ccccc1C(C)NC(C)c1ccc2c(c1)CCO2. The van der Waals surface area contributed by atoms with E-state index >= 15 is 0 Å². The molecule has 0 fully saturated rings. The van der Waals surface area contributed by atoms with Crippen molar-refractivity contribution in [2.45, 2.75) is 39.3 Å². The van der Waals surface area contributed by atoms with Gasteiger partial charge in [-0.25, -0.2) is 0 Å². The van der Waals surface area contributed by atoms with E-state index in [1.54, 1.807) is 0 Å². The van der Waals surface area contributed by atoms with Crippen LogP contribution in [0.25, 0.3) is 0 Å². The Morgan fingerprint density at radius 1 is 1.05 bits per heavy atom. The van der Waals surface area contributed by atoms with E-state index in [4.69, 9.17) is 4.74 Å². The molecule has 1 heterocycles. The normalized spacial score (nSPS) is 16.1. The Balaban J connectivity index is 1.74. The summed E-state index contributed by atoms with van der Waals surface area (Å²) in [5.41, 5.74) is 5.38. The van der Waals surface area contributed by atoms with Crippen LogP contribution in [-0.4, -0.2) is 6.61 Å². The van der Waals surface area contributed by atoms with Crippen molar-refractivity contribution in [1.82, 2.24) is 5.32 Å². The van der Waals surface area contributed by atoms with Gasteiger partial charge in [-0.2, -0.15) is 0 Å². The van der Waals surface area contributed by atoms with Crippen molar-refractivity contribution < 1.29 is 4.74 Å². The molecule has 3 rings (SSSR count). The van der Waals surface area contributed by atoms with Crippen molar-refractivity contribution in [1.29, 1.82) is 0 Å². The minimum absolute atomic E-state index is 0.325. The zero-order valence-corrected chi connectivity index (χ0v) is 13.0. The maximum absolute atomic E-state index is 5.58. The number of fused-ring (bicyclic) bond motifs is 1. The first kappa shape index (κ1) is 14.2. The fourth-order valence-corrected chi connectivity index (χ4v) is 3.11. The molecular formula is C19H23NO. The monoisotopic (exact) mass is 281 g/mol. The first-order valence-corrected chi connectivity index (χ1v) is 7.72. The minimum atomic E-state index is 0.325. The van der Waals surface area contributed by atoms with Gasteiger partial charge >= 0.3 is 0 Å². The highest BCUT2D eigenvalue weighted by molar-refractivity contribution is 5.40. The molecule has 2 nitrogen and oxygen atoms in total. The van der Waals surface area contributed by atoms with Crippen molar-refractivity contribution in [3.8, 4) is 5.75 Å². The van der Waals surface area contributed by atoms with E-state index in [1.807, 2.05) is 0 Å². The summed E-state index contributed by atoms with van der Waals surface area (Å²) in [6.45, 7) is 7.45. The summed E-state index contributed by atoms with van der Waals surface area (Å²) in [5, 5.41) is 3.70. The van der Waals surface area contributed by atoms with E-state index < -0.39 is 0 Å². The van der Waals surface area contributed by atoms with Gasteiger partial charge in [-0.1, -0.05) is 36.4 Å². The van der Waals surface area contributed by atoms with Crippen LogP contribution < -0.4 is 10.1 Å². The van der Waals surface area contributed by atoms with E-state index in [0.717, 1.165) is 18.8 Å². The van der Waals surface area contributed by atoms with Gasteiger partial charge in [0.1, 0.15) is 5.75 Å². The third-order valence-electron chi connectivity index (χ3n) is 4.37. The van der Waals surface area contributed by atoms with E-state index in [-0.39, 0.29) is 0 Å². The molecule has 0 aromatic heterocycles. The smallest absolute Gasteiger partial charge is 0.122 e. The van der Waals surface area contributed by atoms with Crippen molar-refractivity contribution >= 4 is 0 Å². The summed E-state index contributed by atoms with van der Waals surface area (Å²) in [5.74, 6) is 1.05. The van der Waals surface area contributed by atoms with E-state index in [0.29, 0.717) is 12.1 Å². The molecule has 0 radical (unpaired) electrons. The molecule has 2 heteroatoms. The third kappa shape index (κ3) is 2.96. The molecule has 0 saturated carbocycles. The van der Waals surface area contributed by atoms with Crippen molar-refractivity contribution in [2.24, 2.45) is 0 Å². The van der Waals surface area contributed by atoms with Crippen LogP contribution in [0.5, 0.6) is 5.75 Å². The molecule has 2 aromatic rings. The van der Waals surface area contributed by atoms with E-state index in [9.17, 15) is 0 Å². The van der Waals surface area contributed by atoms with Gasteiger partial charge in [0.15, 0.2) is 0 Å². The molecule has 0 saturated heterocycles. The number of benzene rings is 2. The summed E-state index contributed by atoms with van der Waals surface area (Å²) in [4.78, 5) is 0.